The molecule has 0 saturated carbocycles. The molecule has 0 amide bonds. The quantitative estimate of drug-likeness (QED) is 0.402. The molecule has 15 heteroatoms. The largest absolute Gasteiger partial charge is 0.690 e. The van der Waals surface area contributed by atoms with Crippen LogP contribution >= 0.6 is 0 Å². The van der Waals surface area contributed by atoms with Gasteiger partial charge >= 0.3 is 22.0 Å². The molecule has 1 saturated heterocycles. The summed E-state index contributed by atoms with van der Waals surface area (Å²) in [5.74, 6) is -7.52. The second-order valence-corrected chi connectivity index (χ2v) is 6.35. The summed E-state index contributed by atoms with van der Waals surface area (Å²) in [5, 5.41) is 0. The average molecular weight is 468 g/mol. The zero-order chi connectivity index (χ0) is 23.5. The number of benzene rings is 3. The maximum Gasteiger partial charge on any atom is 0.690 e. The van der Waals surface area contributed by atoms with E-state index in [1.54, 1.807) is 0 Å². The third-order valence-electron chi connectivity index (χ3n) is 4.02. The smallest absolute Gasteiger partial charge is 0.511 e. The van der Waals surface area contributed by atoms with Crippen LogP contribution in [0.4, 0.5) is 26.3 Å². The normalized spacial score (nSPS) is 13.8. The lowest BCUT2D eigenvalue weighted by atomic mass is 9.96. The van der Waals surface area contributed by atoms with Crippen LogP contribution < -0.4 is 14.0 Å². The Hall–Kier alpha value is -3.29. The molecule has 0 spiro atoms. The summed E-state index contributed by atoms with van der Waals surface area (Å²) in [4.78, 5) is 0. The Morgan fingerprint density at radius 2 is 0.727 bits per heavy atom. The molecule has 6 nitrogen and oxygen atoms in total. The first kappa shape index (κ1) is 22.9. The molecule has 33 heavy (non-hydrogen) atoms. The molecule has 0 bridgehead atoms. The fourth-order valence-corrected chi connectivity index (χ4v) is 2.56. The predicted octanol–water partition coefficient (Wildman–Crippen LogP) is 4.08. The first-order valence-corrected chi connectivity index (χ1v) is 9.08. The summed E-state index contributed by atoms with van der Waals surface area (Å²) in [6, 6.07) is 7.03. The van der Waals surface area contributed by atoms with Gasteiger partial charge in [-0.2, -0.15) is 0 Å². The van der Waals surface area contributed by atoms with Crippen molar-refractivity contribution in [1.82, 2.24) is 0 Å². The Balaban J connectivity index is 1.55. The molecule has 3 aromatic rings. The van der Waals surface area contributed by atoms with Gasteiger partial charge in [-0.1, -0.05) is 0 Å². The highest BCUT2D eigenvalue weighted by Crippen LogP contribution is 2.25. The molecule has 0 aromatic heterocycles. The SMILES string of the molecule is Fc1ccc(OB2OB(Oc3ccc(F)cc3F)OB(Oc3ccc(F)cc3F)O2)c(F)c1. The number of hydrogen-bond acceptors (Lipinski definition) is 6. The summed E-state index contributed by atoms with van der Waals surface area (Å²) in [7, 11) is -5.54. The highest BCUT2D eigenvalue weighted by molar-refractivity contribution is 6.67. The Bertz CT molecular complexity index is 1010. The van der Waals surface area contributed by atoms with Crippen molar-refractivity contribution in [2.24, 2.45) is 0 Å². The fraction of sp³-hybridized carbons (Fsp3) is 0. The van der Waals surface area contributed by atoms with E-state index in [1.807, 2.05) is 0 Å². The van der Waals surface area contributed by atoms with Crippen LogP contribution in [0.2, 0.25) is 0 Å². The minimum atomic E-state index is -1.85. The third kappa shape index (κ3) is 5.75. The van der Waals surface area contributed by atoms with Crippen molar-refractivity contribution in [2.75, 3.05) is 0 Å². The van der Waals surface area contributed by atoms with Crippen molar-refractivity contribution in [3.63, 3.8) is 0 Å². The van der Waals surface area contributed by atoms with Crippen molar-refractivity contribution in [3.05, 3.63) is 89.5 Å². The van der Waals surface area contributed by atoms with Crippen molar-refractivity contribution < 1.29 is 54.0 Å². The predicted molar refractivity (Wildman–Crippen MR) is 101 cm³/mol. The van der Waals surface area contributed by atoms with E-state index >= 15 is 0 Å². The van der Waals surface area contributed by atoms with Gasteiger partial charge in [0.15, 0.2) is 17.5 Å². The van der Waals surface area contributed by atoms with Crippen LogP contribution in [0.5, 0.6) is 17.2 Å². The number of halogens is 6. The van der Waals surface area contributed by atoms with Crippen LogP contribution in [0.1, 0.15) is 0 Å². The maximum absolute atomic E-state index is 13.9. The van der Waals surface area contributed by atoms with Crippen molar-refractivity contribution in [3.8, 4) is 17.2 Å². The Labute approximate surface area is 183 Å². The Morgan fingerprint density at radius 1 is 0.455 bits per heavy atom. The van der Waals surface area contributed by atoms with E-state index in [0.717, 1.165) is 36.4 Å². The molecule has 0 aliphatic carbocycles. The summed E-state index contributed by atoms with van der Waals surface area (Å²) in [6.45, 7) is 0. The minimum absolute atomic E-state index is 0.512. The van der Waals surface area contributed by atoms with Crippen LogP contribution in [-0.2, 0) is 13.7 Å². The van der Waals surface area contributed by atoms with Gasteiger partial charge in [-0.3, -0.25) is 0 Å². The lowest BCUT2D eigenvalue weighted by molar-refractivity contribution is 0.142. The monoisotopic (exact) mass is 468 g/mol. The first-order valence-electron chi connectivity index (χ1n) is 9.08. The van der Waals surface area contributed by atoms with Crippen LogP contribution in [0.15, 0.2) is 54.6 Å². The van der Waals surface area contributed by atoms with Crippen LogP contribution in [0.3, 0.4) is 0 Å². The molecule has 0 radical (unpaired) electrons. The van der Waals surface area contributed by atoms with E-state index in [0.29, 0.717) is 18.2 Å². The summed E-state index contributed by atoms with van der Waals surface area (Å²) >= 11 is 0. The maximum atomic E-state index is 13.9. The average Bonchev–Trinajstić information content (AvgIpc) is 2.74. The second kappa shape index (κ2) is 9.69. The van der Waals surface area contributed by atoms with Gasteiger partial charge in [0.1, 0.15) is 34.7 Å². The van der Waals surface area contributed by atoms with E-state index in [9.17, 15) is 26.3 Å². The van der Waals surface area contributed by atoms with Crippen LogP contribution in [0, 0.1) is 34.9 Å². The van der Waals surface area contributed by atoms with Gasteiger partial charge in [0.2, 0.25) is 0 Å². The summed E-state index contributed by atoms with van der Waals surface area (Å²) in [6.07, 6.45) is 0. The minimum Gasteiger partial charge on any atom is -0.511 e. The number of hydrogen-bond donors (Lipinski definition) is 0. The zero-order valence-corrected chi connectivity index (χ0v) is 16.1. The van der Waals surface area contributed by atoms with E-state index in [2.05, 4.69) is 0 Å². The molecule has 168 valence electrons. The first-order chi connectivity index (χ1) is 15.8. The lowest BCUT2D eigenvalue weighted by Crippen LogP contribution is -2.56. The van der Waals surface area contributed by atoms with Gasteiger partial charge in [0.05, 0.1) is 0 Å². The van der Waals surface area contributed by atoms with Crippen LogP contribution in [-0.4, -0.2) is 22.0 Å². The summed E-state index contributed by atoms with van der Waals surface area (Å²) in [5.41, 5.74) is 0. The fourth-order valence-electron chi connectivity index (χ4n) is 2.56. The van der Waals surface area contributed by atoms with E-state index < -0.39 is 74.1 Å². The van der Waals surface area contributed by atoms with Gasteiger partial charge in [0.25, 0.3) is 0 Å². The topological polar surface area (TPSA) is 55.4 Å². The standard InChI is InChI=1S/C18H9B3F6O6/c22-10-1-4-16(13(25)7-10)28-19-31-20(29-17-5-2-11(23)8-14(17)26)33-21(32-19)30-18-6-3-12(24)9-15(18)27/h1-9H. The van der Waals surface area contributed by atoms with Crippen molar-refractivity contribution in [1.29, 1.82) is 0 Å². The van der Waals surface area contributed by atoms with Gasteiger partial charge < -0.3 is 27.7 Å². The molecule has 4 rings (SSSR count). The highest BCUT2D eigenvalue weighted by atomic mass is 19.2. The molecule has 1 heterocycles. The Morgan fingerprint density at radius 3 is 0.970 bits per heavy atom. The Kier molecular flexibility index (Phi) is 6.72. The lowest BCUT2D eigenvalue weighted by Gasteiger charge is -2.28. The van der Waals surface area contributed by atoms with Crippen molar-refractivity contribution in [2.45, 2.75) is 0 Å². The van der Waals surface area contributed by atoms with Gasteiger partial charge in [-0.15, -0.1) is 0 Å². The molecular weight excluding hydrogens is 459 g/mol. The van der Waals surface area contributed by atoms with Gasteiger partial charge in [-0.05, 0) is 36.4 Å². The second-order valence-electron chi connectivity index (χ2n) is 6.35. The van der Waals surface area contributed by atoms with Crippen LogP contribution in [0.25, 0.3) is 0 Å². The zero-order valence-electron chi connectivity index (χ0n) is 16.1. The molecule has 3 aromatic carbocycles. The van der Waals surface area contributed by atoms with E-state index in [4.69, 9.17) is 27.7 Å². The van der Waals surface area contributed by atoms with Gasteiger partial charge in [0, 0.05) is 18.2 Å². The molecule has 1 fully saturated rings. The molecule has 1 aliphatic rings. The molecule has 0 unspecified atom stereocenters. The third-order valence-corrected chi connectivity index (χ3v) is 4.02. The molecule has 0 atom stereocenters. The van der Waals surface area contributed by atoms with Crippen molar-refractivity contribution >= 4 is 22.0 Å². The van der Waals surface area contributed by atoms with Gasteiger partial charge in [-0.25, -0.2) is 26.3 Å². The number of rotatable bonds is 6. The molecular formula is C18H9B3F6O6. The molecule has 0 N–H and O–H groups in total. The summed E-state index contributed by atoms with van der Waals surface area (Å²) < 4.78 is 112. The molecule has 1 aliphatic heterocycles. The van der Waals surface area contributed by atoms with E-state index in [-0.39, 0.29) is 0 Å². The highest BCUT2D eigenvalue weighted by Gasteiger charge is 2.51. The van der Waals surface area contributed by atoms with E-state index in [1.165, 1.54) is 0 Å².